The molecule has 0 aliphatic carbocycles. The molecule has 0 atom stereocenters. The fraction of sp³-hybridized carbons (Fsp3) is 0.0769. The van der Waals surface area contributed by atoms with Gasteiger partial charge in [0.25, 0.3) is 5.69 Å². The summed E-state index contributed by atoms with van der Waals surface area (Å²) >= 11 is 0. The SMILES string of the molecule is O=[N+]([O-])c1cccc(OCc2ccc(F)cc2F)c1. The Balaban J connectivity index is 2.10. The molecule has 0 heterocycles. The number of nitrogens with zero attached hydrogens (tertiary/aromatic N) is 1. The third-order valence-electron chi connectivity index (χ3n) is 2.44. The molecule has 0 N–H and O–H groups in total. The Bertz CT molecular complexity index is 617. The summed E-state index contributed by atoms with van der Waals surface area (Å²) < 4.78 is 31.3. The van der Waals surface area contributed by atoms with Crippen molar-refractivity contribution in [2.45, 2.75) is 6.61 Å². The number of nitro benzene ring substituents is 1. The number of nitro groups is 1. The molecule has 0 aromatic heterocycles. The van der Waals surface area contributed by atoms with Crippen molar-refractivity contribution >= 4 is 5.69 Å². The van der Waals surface area contributed by atoms with E-state index in [1.165, 1.54) is 30.3 Å². The van der Waals surface area contributed by atoms with Crippen LogP contribution in [0.5, 0.6) is 5.75 Å². The summed E-state index contributed by atoms with van der Waals surface area (Å²) in [6.45, 7) is -0.132. The highest BCUT2D eigenvalue weighted by Crippen LogP contribution is 2.20. The van der Waals surface area contributed by atoms with Crippen molar-refractivity contribution in [2.24, 2.45) is 0 Å². The molecule has 2 rings (SSSR count). The van der Waals surface area contributed by atoms with Gasteiger partial charge < -0.3 is 4.74 Å². The molecule has 0 amide bonds. The fourth-order valence-electron chi connectivity index (χ4n) is 1.49. The molecule has 6 heteroatoms. The Kier molecular flexibility index (Phi) is 3.70. The summed E-state index contributed by atoms with van der Waals surface area (Å²) in [4.78, 5) is 10.0. The first-order valence-electron chi connectivity index (χ1n) is 5.37. The lowest BCUT2D eigenvalue weighted by Gasteiger charge is -2.07. The second-order valence-electron chi connectivity index (χ2n) is 3.78. The van der Waals surface area contributed by atoms with Crippen LogP contribution in [0.15, 0.2) is 42.5 Å². The second-order valence-corrected chi connectivity index (χ2v) is 3.78. The Morgan fingerprint density at radius 2 is 1.95 bits per heavy atom. The van der Waals surface area contributed by atoms with Crippen LogP contribution in [0.25, 0.3) is 0 Å². The maximum Gasteiger partial charge on any atom is 0.273 e. The van der Waals surface area contributed by atoms with Crippen molar-refractivity contribution in [3.05, 3.63) is 69.8 Å². The first kappa shape index (κ1) is 12.9. The number of hydrogen-bond donors (Lipinski definition) is 0. The molecular formula is C13H9F2NO3. The predicted octanol–water partition coefficient (Wildman–Crippen LogP) is 3.45. The summed E-state index contributed by atoms with van der Waals surface area (Å²) in [5, 5.41) is 10.6. The van der Waals surface area contributed by atoms with Crippen molar-refractivity contribution < 1.29 is 18.4 Å². The highest BCUT2D eigenvalue weighted by atomic mass is 19.1. The van der Waals surface area contributed by atoms with Gasteiger partial charge in [0, 0.05) is 17.7 Å². The zero-order valence-corrected chi connectivity index (χ0v) is 9.68. The minimum atomic E-state index is -0.717. The van der Waals surface area contributed by atoms with Crippen LogP contribution in [0.3, 0.4) is 0 Å². The second kappa shape index (κ2) is 5.43. The minimum absolute atomic E-state index is 0.114. The Hall–Kier alpha value is -2.50. The van der Waals surface area contributed by atoms with Gasteiger partial charge in [-0.15, -0.1) is 0 Å². The number of non-ortho nitro benzene ring substituents is 1. The van der Waals surface area contributed by atoms with Crippen molar-refractivity contribution in [1.82, 2.24) is 0 Å². The summed E-state index contributed by atoms with van der Waals surface area (Å²) in [6.07, 6.45) is 0. The molecule has 0 aliphatic heterocycles. The average Bonchev–Trinajstić information content (AvgIpc) is 2.38. The molecular weight excluding hydrogens is 256 g/mol. The first-order chi connectivity index (χ1) is 9.06. The molecule has 4 nitrogen and oxygen atoms in total. The highest BCUT2D eigenvalue weighted by molar-refractivity contribution is 5.38. The zero-order valence-electron chi connectivity index (χ0n) is 9.68. The number of benzene rings is 2. The average molecular weight is 265 g/mol. The third-order valence-corrected chi connectivity index (χ3v) is 2.44. The lowest BCUT2D eigenvalue weighted by Crippen LogP contribution is -1.99. The van der Waals surface area contributed by atoms with Crippen LogP contribution in [0.4, 0.5) is 14.5 Å². The molecule has 2 aromatic rings. The molecule has 0 unspecified atom stereocenters. The minimum Gasteiger partial charge on any atom is -0.489 e. The molecule has 0 saturated heterocycles. The van der Waals surface area contributed by atoms with Crippen molar-refractivity contribution in [3.63, 3.8) is 0 Å². The molecule has 0 saturated carbocycles. The van der Waals surface area contributed by atoms with Gasteiger partial charge in [0.15, 0.2) is 0 Å². The summed E-state index contributed by atoms with van der Waals surface area (Å²) in [5.74, 6) is -1.14. The van der Waals surface area contributed by atoms with E-state index in [2.05, 4.69) is 0 Å². The van der Waals surface area contributed by atoms with E-state index in [-0.39, 0.29) is 23.6 Å². The number of rotatable bonds is 4. The molecule has 0 bridgehead atoms. The van der Waals surface area contributed by atoms with E-state index in [0.717, 1.165) is 12.1 Å². The van der Waals surface area contributed by atoms with E-state index in [9.17, 15) is 18.9 Å². The molecule has 0 spiro atoms. The van der Waals surface area contributed by atoms with Crippen LogP contribution in [-0.4, -0.2) is 4.92 Å². The van der Waals surface area contributed by atoms with Gasteiger partial charge in [-0.25, -0.2) is 8.78 Å². The van der Waals surface area contributed by atoms with Crippen LogP contribution in [-0.2, 0) is 6.61 Å². The van der Waals surface area contributed by atoms with Crippen LogP contribution in [0.1, 0.15) is 5.56 Å². The Morgan fingerprint density at radius 3 is 2.63 bits per heavy atom. The molecule has 19 heavy (non-hydrogen) atoms. The monoisotopic (exact) mass is 265 g/mol. The van der Waals surface area contributed by atoms with E-state index in [1.54, 1.807) is 0 Å². The van der Waals surface area contributed by atoms with Crippen molar-refractivity contribution in [1.29, 1.82) is 0 Å². The standard InChI is InChI=1S/C13H9F2NO3/c14-10-5-4-9(13(15)6-10)8-19-12-3-1-2-11(7-12)16(17)18/h1-7H,8H2. The molecule has 2 aromatic carbocycles. The Labute approximate surface area is 107 Å². The quantitative estimate of drug-likeness (QED) is 0.628. The van der Waals surface area contributed by atoms with Crippen LogP contribution < -0.4 is 4.74 Å². The van der Waals surface area contributed by atoms with E-state index in [0.29, 0.717) is 0 Å². The molecule has 0 radical (unpaired) electrons. The first-order valence-corrected chi connectivity index (χ1v) is 5.37. The van der Waals surface area contributed by atoms with E-state index in [4.69, 9.17) is 4.74 Å². The van der Waals surface area contributed by atoms with Gasteiger partial charge in [0.2, 0.25) is 0 Å². The van der Waals surface area contributed by atoms with Gasteiger partial charge in [-0.1, -0.05) is 6.07 Å². The molecule has 98 valence electrons. The van der Waals surface area contributed by atoms with Gasteiger partial charge in [0.1, 0.15) is 24.0 Å². The summed E-state index contributed by atoms with van der Waals surface area (Å²) in [6, 6.07) is 8.69. The molecule has 0 fully saturated rings. The summed E-state index contributed by atoms with van der Waals surface area (Å²) in [7, 11) is 0. The fourth-order valence-corrected chi connectivity index (χ4v) is 1.49. The predicted molar refractivity (Wildman–Crippen MR) is 63.8 cm³/mol. The zero-order chi connectivity index (χ0) is 13.8. The highest BCUT2D eigenvalue weighted by Gasteiger charge is 2.08. The van der Waals surface area contributed by atoms with Crippen molar-refractivity contribution in [2.75, 3.05) is 0 Å². The van der Waals surface area contributed by atoms with Gasteiger partial charge in [-0.2, -0.15) is 0 Å². The van der Waals surface area contributed by atoms with Crippen LogP contribution in [0.2, 0.25) is 0 Å². The lowest BCUT2D eigenvalue weighted by molar-refractivity contribution is -0.384. The smallest absolute Gasteiger partial charge is 0.273 e. The van der Waals surface area contributed by atoms with E-state index < -0.39 is 16.6 Å². The van der Waals surface area contributed by atoms with Crippen molar-refractivity contribution in [3.8, 4) is 5.75 Å². The number of ether oxygens (including phenoxy) is 1. The maximum atomic E-state index is 13.3. The lowest BCUT2D eigenvalue weighted by atomic mass is 10.2. The van der Waals surface area contributed by atoms with Gasteiger partial charge in [0.05, 0.1) is 11.0 Å². The normalized spacial score (nSPS) is 10.2. The number of halogens is 2. The van der Waals surface area contributed by atoms with Crippen LogP contribution in [0, 0.1) is 21.7 Å². The summed E-state index contributed by atoms with van der Waals surface area (Å²) in [5.41, 5.74) is 0.0602. The van der Waals surface area contributed by atoms with Gasteiger partial charge in [-0.05, 0) is 18.2 Å². The van der Waals surface area contributed by atoms with Gasteiger partial charge in [-0.3, -0.25) is 10.1 Å². The van der Waals surface area contributed by atoms with Crippen LogP contribution >= 0.6 is 0 Å². The molecule has 0 aliphatic rings. The largest absolute Gasteiger partial charge is 0.489 e. The van der Waals surface area contributed by atoms with Gasteiger partial charge >= 0.3 is 0 Å². The van der Waals surface area contributed by atoms with E-state index in [1.807, 2.05) is 0 Å². The maximum absolute atomic E-state index is 13.3. The third kappa shape index (κ3) is 3.25. The van der Waals surface area contributed by atoms with E-state index >= 15 is 0 Å². The Morgan fingerprint density at radius 1 is 1.16 bits per heavy atom. The number of hydrogen-bond acceptors (Lipinski definition) is 3. The topological polar surface area (TPSA) is 52.4 Å².